The lowest BCUT2D eigenvalue weighted by atomic mass is 10.1. The van der Waals surface area contributed by atoms with Crippen molar-refractivity contribution < 1.29 is 4.79 Å². The van der Waals surface area contributed by atoms with Gasteiger partial charge in [-0.25, -0.2) is 0 Å². The summed E-state index contributed by atoms with van der Waals surface area (Å²) in [6, 6.07) is 4.44. The molecule has 4 nitrogen and oxygen atoms in total. The topological polar surface area (TPSA) is 37.3 Å². The number of carbonyl (C=O) groups is 1. The number of nitrogens with one attached hydrogen (secondary N) is 1. The van der Waals surface area contributed by atoms with Gasteiger partial charge in [0.1, 0.15) is 5.69 Å². The molecule has 118 valence electrons. The number of rotatable bonds is 6. The molecule has 0 spiro atoms. The van der Waals surface area contributed by atoms with Crippen molar-refractivity contribution in [3.05, 3.63) is 24.0 Å². The van der Waals surface area contributed by atoms with E-state index in [-0.39, 0.29) is 5.91 Å². The van der Waals surface area contributed by atoms with Crippen molar-refractivity contribution in [3.8, 4) is 0 Å². The molecule has 1 aromatic heterocycles. The van der Waals surface area contributed by atoms with Gasteiger partial charge in [0.15, 0.2) is 0 Å². The second-order valence-corrected chi connectivity index (χ2v) is 6.14. The van der Waals surface area contributed by atoms with Gasteiger partial charge in [-0.05, 0) is 50.9 Å². The Labute approximate surface area is 128 Å². The van der Waals surface area contributed by atoms with Gasteiger partial charge >= 0.3 is 0 Å². The fraction of sp³-hybridized carbons (Fsp3) is 0.706. The third-order valence-electron chi connectivity index (χ3n) is 4.60. The van der Waals surface area contributed by atoms with Crippen LogP contribution in [0.3, 0.4) is 0 Å². The molecule has 0 aromatic carbocycles. The minimum absolute atomic E-state index is 0.182. The summed E-state index contributed by atoms with van der Waals surface area (Å²) >= 11 is 0. The lowest BCUT2D eigenvalue weighted by molar-refractivity contribution is 0.0726. The van der Waals surface area contributed by atoms with Crippen LogP contribution in [0.4, 0.5) is 0 Å². The van der Waals surface area contributed by atoms with E-state index in [0.29, 0.717) is 12.0 Å². The Balaban J connectivity index is 2.12. The van der Waals surface area contributed by atoms with Crippen LogP contribution in [0.15, 0.2) is 18.3 Å². The lowest BCUT2D eigenvalue weighted by Crippen LogP contribution is -2.37. The van der Waals surface area contributed by atoms with Crippen molar-refractivity contribution in [1.29, 1.82) is 0 Å². The predicted molar refractivity (Wildman–Crippen MR) is 86.6 cm³/mol. The Kier molecular flexibility index (Phi) is 5.85. The smallest absolute Gasteiger partial charge is 0.270 e. The van der Waals surface area contributed by atoms with Crippen LogP contribution in [0.2, 0.25) is 0 Å². The molecule has 2 heterocycles. The first-order valence-electron chi connectivity index (χ1n) is 8.34. The van der Waals surface area contributed by atoms with Gasteiger partial charge < -0.3 is 14.8 Å². The summed E-state index contributed by atoms with van der Waals surface area (Å²) in [7, 11) is 0. The molecule has 1 aromatic rings. The predicted octanol–water partition coefficient (Wildman–Crippen LogP) is 2.92. The third kappa shape index (κ3) is 3.88. The zero-order valence-electron chi connectivity index (χ0n) is 13.6. The van der Waals surface area contributed by atoms with Crippen molar-refractivity contribution in [2.75, 3.05) is 26.2 Å². The quantitative estimate of drug-likeness (QED) is 0.875. The first kappa shape index (κ1) is 16.1. The highest BCUT2D eigenvalue weighted by Gasteiger charge is 2.23. The number of amides is 1. The summed E-state index contributed by atoms with van der Waals surface area (Å²) in [6.45, 7) is 10.2. The second-order valence-electron chi connectivity index (χ2n) is 6.14. The monoisotopic (exact) mass is 291 g/mol. The summed E-state index contributed by atoms with van der Waals surface area (Å²) in [5, 5.41) is 3.38. The molecule has 0 aliphatic carbocycles. The maximum Gasteiger partial charge on any atom is 0.270 e. The molecule has 0 radical (unpaired) electrons. The van der Waals surface area contributed by atoms with Gasteiger partial charge in [0.25, 0.3) is 5.91 Å². The maximum absolute atomic E-state index is 12.8. The standard InChI is InChI=1S/C17H29N3O/c1-4-14(3)13-19(5-2)17(21)16-7-6-12-20(16)15-8-10-18-11-9-15/h6-7,12,14-15,18H,4-5,8-11,13H2,1-3H3. The average Bonchev–Trinajstić information content (AvgIpc) is 3.02. The van der Waals surface area contributed by atoms with Gasteiger partial charge in [-0.3, -0.25) is 4.79 Å². The number of nitrogens with zero attached hydrogens (tertiary/aromatic N) is 2. The fourth-order valence-corrected chi connectivity index (χ4v) is 3.00. The summed E-state index contributed by atoms with van der Waals surface area (Å²) in [6.07, 6.45) is 5.39. The third-order valence-corrected chi connectivity index (χ3v) is 4.60. The maximum atomic E-state index is 12.8. The van der Waals surface area contributed by atoms with Crippen molar-refractivity contribution >= 4 is 5.91 Å². The van der Waals surface area contributed by atoms with Gasteiger partial charge in [0.05, 0.1) is 0 Å². The van der Waals surface area contributed by atoms with Gasteiger partial charge in [0, 0.05) is 25.3 Å². The van der Waals surface area contributed by atoms with E-state index in [1.54, 1.807) is 0 Å². The van der Waals surface area contributed by atoms with Crippen molar-refractivity contribution in [2.24, 2.45) is 5.92 Å². The van der Waals surface area contributed by atoms with Crippen LogP contribution in [0, 0.1) is 5.92 Å². The first-order chi connectivity index (χ1) is 10.2. The molecule has 21 heavy (non-hydrogen) atoms. The zero-order chi connectivity index (χ0) is 15.2. The van der Waals surface area contributed by atoms with Gasteiger partial charge in [0.2, 0.25) is 0 Å². The lowest BCUT2D eigenvalue weighted by Gasteiger charge is -2.29. The molecule has 1 N–H and O–H groups in total. The van der Waals surface area contributed by atoms with Crippen molar-refractivity contribution in [2.45, 2.75) is 46.1 Å². The number of hydrogen-bond donors (Lipinski definition) is 1. The second kappa shape index (κ2) is 7.64. The molecule has 2 rings (SSSR count). The zero-order valence-corrected chi connectivity index (χ0v) is 13.6. The van der Waals surface area contributed by atoms with Crippen LogP contribution >= 0.6 is 0 Å². The highest BCUT2D eigenvalue weighted by molar-refractivity contribution is 5.92. The molecular formula is C17H29N3O. The summed E-state index contributed by atoms with van der Waals surface area (Å²) in [4.78, 5) is 14.8. The Morgan fingerprint density at radius 3 is 2.76 bits per heavy atom. The van der Waals surface area contributed by atoms with Crippen molar-refractivity contribution in [1.82, 2.24) is 14.8 Å². The average molecular weight is 291 g/mol. The highest BCUT2D eigenvalue weighted by Crippen LogP contribution is 2.22. The van der Waals surface area contributed by atoms with E-state index in [1.807, 2.05) is 17.0 Å². The van der Waals surface area contributed by atoms with E-state index >= 15 is 0 Å². The number of hydrogen-bond acceptors (Lipinski definition) is 2. The molecule has 0 bridgehead atoms. The summed E-state index contributed by atoms with van der Waals surface area (Å²) < 4.78 is 2.20. The molecule has 4 heteroatoms. The summed E-state index contributed by atoms with van der Waals surface area (Å²) in [5.74, 6) is 0.734. The van der Waals surface area contributed by atoms with E-state index in [2.05, 4.69) is 36.9 Å². The van der Waals surface area contributed by atoms with E-state index in [9.17, 15) is 4.79 Å². The largest absolute Gasteiger partial charge is 0.340 e. The van der Waals surface area contributed by atoms with Gasteiger partial charge in [-0.2, -0.15) is 0 Å². The van der Waals surface area contributed by atoms with Crippen LogP contribution in [0.1, 0.15) is 56.6 Å². The van der Waals surface area contributed by atoms with E-state index in [0.717, 1.165) is 51.1 Å². The fourth-order valence-electron chi connectivity index (χ4n) is 3.00. The molecule has 1 fully saturated rings. The Hall–Kier alpha value is -1.29. The normalized spacial score (nSPS) is 17.7. The van der Waals surface area contributed by atoms with Crippen LogP contribution < -0.4 is 5.32 Å². The highest BCUT2D eigenvalue weighted by atomic mass is 16.2. The Bertz CT molecular complexity index is 449. The minimum Gasteiger partial charge on any atom is -0.340 e. The molecule has 1 atom stereocenters. The van der Waals surface area contributed by atoms with Crippen LogP contribution in [-0.2, 0) is 0 Å². The Morgan fingerprint density at radius 2 is 2.14 bits per heavy atom. The molecular weight excluding hydrogens is 262 g/mol. The SMILES string of the molecule is CCC(C)CN(CC)C(=O)c1cccn1C1CCNCC1. The Morgan fingerprint density at radius 1 is 1.43 bits per heavy atom. The first-order valence-corrected chi connectivity index (χ1v) is 8.34. The van der Waals surface area contributed by atoms with E-state index in [4.69, 9.17) is 0 Å². The van der Waals surface area contributed by atoms with Crippen molar-refractivity contribution in [3.63, 3.8) is 0 Å². The molecule has 1 aliphatic heterocycles. The number of aromatic nitrogens is 1. The molecule has 1 unspecified atom stereocenters. The number of piperidine rings is 1. The van der Waals surface area contributed by atoms with E-state index < -0.39 is 0 Å². The van der Waals surface area contributed by atoms with E-state index in [1.165, 1.54) is 0 Å². The molecule has 1 saturated heterocycles. The molecule has 1 aliphatic rings. The molecule has 0 saturated carbocycles. The van der Waals surface area contributed by atoms with Gasteiger partial charge in [-0.15, -0.1) is 0 Å². The minimum atomic E-state index is 0.182. The van der Waals surface area contributed by atoms with Crippen LogP contribution in [-0.4, -0.2) is 41.6 Å². The molecule has 1 amide bonds. The summed E-state index contributed by atoms with van der Waals surface area (Å²) in [5.41, 5.74) is 0.854. The van der Waals surface area contributed by atoms with Gasteiger partial charge in [-0.1, -0.05) is 20.3 Å². The van der Waals surface area contributed by atoms with Crippen LogP contribution in [0.25, 0.3) is 0 Å². The van der Waals surface area contributed by atoms with Crippen LogP contribution in [0.5, 0.6) is 0 Å². The number of carbonyl (C=O) groups excluding carboxylic acids is 1.